The second-order valence-corrected chi connectivity index (χ2v) is 5.20. The van der Waals surface area contributed by atoms with Crippen molar-refractivity contribution in [2.75, 3.05) is 5.32 Å². The van der Waals surface area contributed by atoms with E-state index in [9.17, 15) is 0 Å². The van der Waals surface area contributed by atoms with Gasteiger partial charge in [0.05, 0.1) is 6.54 Å². The van der Waals surface area contributed by atoms with Crippen molar-refractivity contribution in [2.45, 2.75) is 26.8 Å². The lowest BCUT2D eigenvalue weighted by molar-refractivity contribution is 0.476. The minimum atomic E-state index is 0.735. The van der Waals surface area contributed by atoms with Crippen LogP contribution in [0.1, 0.15) is 24.0 Å². The number of anilines is 1. The van der Waals surface area contributed by atoms with Crippen molar-refractivity contribution in [1.82, 2.24) is 0 Å². The van der Waals surface area contributed by atoms with E-state index in [1.165, 1.54) is 9.13 Å². The van der Waals surface area contributed by atoms with E-state index in [1.807, 2.05) is 12.1 Å². The zero-order valence-corrected chi connectivity index (χ0v) is 12.2. The predicted molar refractivity (Wildman–Crippen MR) is 79.3 cm³/mol. The van der Waals surface area contributed by atoms with Gasteiger partial charge in [-0.25, -0.2) is 0 Å². The Balaban J connectivity index is 1.99. The molecule has 2 rings (SSSR count). The largest absolute Gasteiger partial charge is 0.464 e. The molecular formula is C14H16INO. The van der Waals surface area contributed by atoms with Crippen LogP contribution < -0.4 is 5.32 Å². The summed E-state index contributed by atoms with van der Waals surface area (Å²) in [5.74, 6) is 2.03. The van der Waals surface area contributed by atoms with E-state index >= 15 is 0 Å². The minimum Gasteiger partial charge on any atom is -0.464 e. The maximum absolute atomic E-state index is 5.64. The maximum atomic E-state index is 5.64. The van der Waals surface area contributed by atoms with Crippen LogP contribution >= 0.6 is 22.6 Å². The highest BCUT2D eigenvalue weighted by atomic mass is 127. The first-order valence-electron chi connectivity index (χ1n) is 5.76. The van der Waals surface area contributed by atoms with Crippen LogP contribution in [-0.2, 0) is 13.0 Å². The lowest BCUT2D eigenvalue weighted by Gasteiger charge is -2.06. The number of furan rings is 1. The fraction of sp³-hybridized carbons (Fsp3) is 0.286. The summed E-state index contributed by atoms with van der Waals surface area (Å²) in [6, 6.07) is 10.4. The van der Waals surface area contributed by atoms with Gasteiger partial charge in [0.2, 0.25) is 0 Å². The number of nitrogens with one attached hydrogen (secondary N) is 1. The normalized spacial score (nSPS) is 10.5. The van der Waals surface area contributed by atoms with Crippen LogP contribution in [0.3, 0.4) is 0 Å². The number of hydrogen-bond acceptors (Lipinski definition) is 2. The zero-order chi connectivity index (χ0) is 12.3. The summed E-state index contributed by atoms with van der Waals surface area (Å²) in [4.78, 5) is 0. The van der Waals surface area contributed by atoms with Crippen LogP contribution in [-0.4, -0.2) is 0 Å². The van der Waals surface area contributed by atoms with Crippen molar-refractivity contribution in [1.29, 1.82) is 0 Å². The van der Waals surface area contributed by atoms with E-state index in [0.29, 0.717) is 0 Å². The summed E-state index contributed by atoms with van der Waals surface area (Å²) in [5.41, 5.74) is 2.44. The molecule has 0 atom stereocenters. The topological polar surface area (TPSA) is 25.2 Å². The monoisotopic (exact) mass is 341 g/mol. The van der Waals surface area contributed by atoms with Gasteiger partial charge in [0.25, 0.3) is 0 Å². The Kier molecular flexibility index (Phi) is 4.10. The van der Waals surface area contributed by atoms with Gasteiger partial charge < -0.3 is 9.73 Å². The molecule has 0 saturated heterocycles. The van der Waals surface area contributed by atoms with E-state index in [1.54, 1.807) is 0 Å². The van der Waals surface area contributed by atoms with Crippen molar-refractivity contribution in [3.8, 4) is 0 Å². The van der Waals surface area contributed by atoms with Crippen LogP contribution in [0.4, 0.5) is 5.69 Å². The number of aryl methyl sites for hydroxylation is 2. The molecule has 2 aromatic rings. The van der Waals surface area contributed by atoms with E-state index < -0.39 is 0 Å². The van der Waals surface area contributed by atoms with Crippen LogP contribution in [0, 0.1) is 10.5 Å². The van der Waals surface area contributed by atoms with Gasteiger partial charge >= 0.3 is 0 Å². The molecule has 3 heteroatoms. The lowest BCUT2D eigenvalue weighted by atomic mass is 10.2. The van der Waals surface area contributed by atoms with Gasteiger partial charge in [0.15, 0.2) is 0 Å². The zero-order valence-electron chi connectivity index (χ0n) is 10.1. The molecule has 0 amide bonds. The lowest BCUT2D eigenvalue weighted by Crippen LogP contribution is -1.98. The molecule has 17 heavy (non-hydrogen) atoms. The molecule has 0 spiro atoms. The summed E-state index contributed by atoms with van der Waals surface area (Å²) in [5, 5.41) is 3.37. The van der Waals surface area contributed by atoms with Gasteiger partial charge in [0.1, 0.15) is 11.5 Å². The highest BCUT2D eigenvalue weighted by Gasteiger charge is 2.01. The van der Waals surface area contributed by atoms with Gasteiger partial charge in [-0.05, 0) is 59.3 Å². The van der Waals surface area contributed by atoms with Gasteiger partial charge in [-0.3, -0.25) is 0 Å². The first-order valence-corrected chi connectivity index (χ1v) is 6.84. The summed E-state index contributed by atoms with van der Waals surface area (Å²) in [6.45, 7) is 4.95. The Hall–Kier alpha value is -0.970. The average Bonchev–Trinajstić information content (AvgIpc) is 2.79. The summed E-state index contributed by atoms with van der Waals surface area (Å²) in [6.07, 6.45) is 0.947. The third kappa shape index (κ3) is 3.25. The molecule has 90 valence electrons. The number of benzene rings is 1. The minimum absolute atomic E-state index is 0.735. The number of halogens is 1. The molecule has 0 aliphatic carbocycles. The van der Waals surface area contributed by atoms with Gasteiger partial charge in [-0.15, -0.1) is 0 Å². The number of hydrogen-bond donors (Lipinski definition) is 1. The van der Waals surface area contributed by atoms with Crippen molar-refractivity contribution in [3.05, 3.63) is 51.0 Å². The Morgan fingerprint density at radius 2 is 1.94 bits per heavy atom. The summed E-state index contributed by atoms with van der Waals surface area (Å²) < 4.78 is 6.92. The molecule has 0 aliphatic heterocycles. The molecule has 0 bridgehead atoms. The maximum Gasteiger partial charge on any atom is 0.123 e. The molecule has 1 N–H and O–H groups in total. The van der Waals surface area contributed by atoms with Crippen molar-refractivity contribution >= 4 is 28.3 Å². The first-order chi connectivity index (χ1) is 8.19. The van der Waals surface area contributed by atoms with E-state index in [0.717, 1.165) is 30.2 Å². The predicted octanol–water partition coefficient (Wildman–Crippen LogP) is 4.37. The van der Waals surface area contributed by atoms with Crippen LogP contribution in [0.5, 0.6) is 0 Å². The quantitative estimate of drug-likeness (QED) is 0.836. The van der Waals surface area contributed by atoms with E-state index in [2.05, 4.69) is 60.0 Å². The first kappa shape index (κ1) is 12.5. The Morgan fingerprint density at radius 1 is 1.18 bits per heavy atom. The standard InChI is InChI=1S/C14H16INO/c1-3-12-6-7-13(17-12)9-16-11-5-4-10(2)14(15)8-11/h4-8,16H,3,9H2,1-2H3. The molecule has 0 unspecified atom stereocenters. The van der Waals surface area contributed by atoms with Gasteiger partial charge in [0, 0.05) is 15.7 Å². The molecule has 1 heterocycles. The number of rotatable bonds is 4. The van der Waals surface area contributed by atoms with Crippen LogP contribution in [0.15, 0.2) is 34.7 Å². The van der Waals surface area contributed by atoms with Crippen LogP contribution in [0.25, 0.3) is 0 Å². The van der Waals surface area contributed by atoms with Crippen molar-refractivity contribution in [2.24, 2.45) is 0 Å². The smallest absolute Gasteiger partial charge is 0.123 e. The Labute approximate surface area is 116 Å². The van der Waals surface area contributed by atoms with E-state index in [4.69, 9.17) is 4.42 Å². The highest BCUT2D eigenvalue weighted by molar-refractivity contribution is 14.1. The average molecular weight is 341 g/mol. The van der Waals surface area contributed by atoms with Crippen molar-refractivity contribution in [3.63, 3.8) is 0 Å². The fourth-order valence-electron chi connectivity index (χ4n) is 1.60. The van der Waals surface area contributed by atoms with Crippen molar-refractivity contribution < 1.29 is 4.42 Å². The Morgan fingerprint density at radius 3 is 2.59 bits per heavy atom. The Bertz CT molecular complexity index is 505. The molecule has 1 aromatic heterocycles. The molecule has 0 radical (unpaired) electrons. The molecule has 2 nitrogen and oxygen atoms in total. The van der Waals surface area contributed by atoms with Crippen LogP contribution in [0.2, 0.25) is 0 Å². The third-order valence-electron chi connectivity index (χ3n) is 2.70. The molecular weight excluding hydrogens is 325 g/mol. The fourth-order valence-corrected chi connectivity index (χ4v) is 2.11. The van der Waals surface area contributed by atoms with Gasteiger partial charge in [-0.1, -0.05) is 13.0 Å². The van der Waals surface area contributed by atoms with Gasteiger partial charge in [-0.2, -0.15) is 0 Å². The molecule has 0 fully saturated rings. The molecule has 0 aliphatic rings. The summed E-state index contributed by atoms with van der Waals surface area (Å²) >= 11 is 2.35. The SMILES string of the molecule is CCc1ccc(CNc2ccc(C)c(I)c2)o1. The highest BCUT2D eigenvalue weighted by Crippen LogP contribution is 2.18. The molecule has 0 saturated carbocycles. The molecule has 1 aromatic carbocycles. The second kappa shape index (κ2) is 5.58. The third-order valence-corrected chi connectivity index (χ3v) is 3.87. The summed E-state index contributed by atoms with van der Waals surface area (Å²) in [7, 11) is 0. The second-order valence-electron chi connectivity index (χ2n) is 4.04. The van der Waals surface area contributed by atoms with E-state index in [-0.39, 0.29) is 0 Å².